The van der Waals surface area contributed by atoms with E-state index in [2.05, 4.69) is 11.9 Å². The third-order valence-corrected chi connectivity index (χ3v) is 3.19. The molecule has 0 aliphatic heterocycles. The molecule has 0 fully saturated rings. The fourth-order valence-corrected chi connectivity index (χ4v) is 2.07. The van der Waals surface area contributed by atoms with E-state index < -0.39 is 12.1 Å². The van der Waals surface area contributed by atoms with E-state index >= 15 is 0 Å². The summed E-state index contributed by atoms with van der Waals surface area (Å²) in [4.78, 5) is 22.9. The summed E-state index contributed by atoms with van der Waals surface area (Å²) in [7, 11) is 0. The Morgan fingerprint density at radius 2 is 2.35 bits per heavy atom. The largest absolute Gasteiger partial charge is 0.454 e. The number of carbonyl (C=O) groups excluding carboxylic acids is 2. The smallest absolute Gasteiger partial charge is 0.335 e. The fourth-order valence-electron chi connectivity index (χ4n) is 1.37. The summed E-state index contributed by atoms with van der Waals surface area (Å²) in [6.07, 6.45) is 1.61. The topological polar surface area (TPSA) is 64.6 Å². The Hall–Kier alpha value is -1.66. The predicted molar refractivity (Wildman–Crippen MR) is 77.6 cm³/mol. The zero-order valence-corrected chi connectivity index (χ0v) is 12.3. The van der Waals surface area contributed by atoms with Crippen molar-refractivity contribution in [2.75, 3.05) is 19.8 Å². The molecule has 0 saturated carbocycles. The zero-order valence-electron chi connectivity index (χ0n) is 11.5. The van der Waals surface area contributed by atoms with Gasteiger partial charge < -0.3 is 14.8 Å². The van der Waals surface area contributed by atoms with E-state index in [9.17, 15) is 9.59 Å². The van der Waals surface area contributed by atoms with Crippen LogP contribution in [0.25, 0.3) is 0 Å². The molecule has 0 aliphatic rings. The normalized spacial score (nSPS) is 11.7. The summed E-state index contributed by atoms with van der Waals surface area (Å²) in [6.45, 7) is 5.55. The van der Waals surface area contributed by atoms with Crippen LogP contribution in [-0.2, 0) is 25.5 Å². The molecule has 0 radical (unpaired) electrons. The van der Waals surface area contributed by atoms with Crippen LogP contribution in [0, 0.1) is 0 Å². The van der Waals surface area contributed by atoms with Gasteiger partial charge in [0.1, 0.15) is 0 Å². The summed E-state index contributed by atoms with van der Waals surface area (Å²) >= 11 is 1.62. The monoisotopic (exact) mass is 297 g/mol. The highest BCUT2D eigenvalue weighted by molar-refractivity contribution is 7.07. The molecule has 1 rings (SSSR count). The second kappa shape index (κ2) is 9.28. The van der Waals surface area contributed by atoms with Crippen molar-refractivity contribution in [3.63, 3.8) is 0 Å². The fraction of sp³-hybridized carbons (Fsp3) is 0.429. The first kappa shape index (κ1) is 16.4. The number of rotatable bonds is 9. The van der Waals surface area contributed by atoms with Crippen molar-refractivity contribution in [2.45, 2.75) is 19.4 Å². The number of hydrogen-bond acceptors (Lipinski definition) is 5. The van der Waals surface area contributed by atoms with Gasteiger partial charge in [0.15, 0.2) is 12.7 Å². The lowest BCUT2D eigenvalue weighted by atomic mass is 10.2. The number of amides is 1. The van der Waals surface area contributed by atoms with Crippen LogP contribution in [0.3, 0.4) is 0 Å². The molecule has 0 aliphatic carbocycles. The molecule has 0 aromatic carbocycles. The van der Waals surface area contributed by atoms with E-state index in [1.165, 1.54) is 5.56 Å². The van der Waals surface area contributed by atoms with E-state index in [1.54, 1.807) is 24.3 Å². The van der Waals surface area contributed by atoms with Crippen LogP contribution >= 0.6 is 11.3 Å². The lowest BCUT2D eigenvalue weighted by Gasteiger charge is -2.11. The second-order valence-corrected chi connectivity index (χ2v) is 4.88. The van der Waals surface area contributed by atoms with Gasteiger partial charge in [0.2, 0.25) is 0 Å². The van der Waals surface area contributed by atoms with Crippen molar-refractivity contribution in [3.05, 3.63) is 35.0 Å². The maximum absolute atomic E-state index is 11.5. The van der Waals surface area contributed by atoms with Crippen LogP contribution in [0.2, 0.25) is 0 Å². The maximum atomic E-state index is 11.5. The molecule has 0 saturated heterocycles. The third-order valence-electron chi connectivity index (χ3n) is 2.46. The first-order valence-corrected chi connectivity index (χ1v) is 7.24. The summed E-state index contributed by atoms with van der Waals surface area (Å²) in [6, 6.07) is 2.01. The summed E-state index contributed by atoms with van der Waals surface area (Å²) in [5.74, 6) is -0.871. The van der Waals surface area contributed by atoms with Crippen molar-refractivity contribution < 1.29 is 19.1 Å². The van der Waals surface area contributed by atoms with Gasteiger partial charge in [-0.05, 0) is 35.7 Å². The SMILES string of the molecule is C=CCOC(C)C(=O)OCC(=O)NCCc1ccsc1. The minimum Gasteiger partial charge on any atom is -0.454 e. The van der Waals surface area contributed by atoms with E-state index in [4.69, 9.17) is 9.47 Å². The van der Waals surface area contributed by atoms with Crippen LogP contribution in [0.1, 0.15) is 12.5 Å². The van der Waals surface area contributed by atoms with Gasteiger partial charge in [0.05, 0.1) is 6.61 Å². The van der Waals surface area contributed by atoms with Crippen molar-refractivity contribution in [1.82, 2.24) is 5.32 Å². The van der Waals surface area contributed by atoms with Gasteiger partial charge in [-0.25, -0.2) is 4.79 Å². The van der Waals surface area contributed by atoms with Crippen molar-refractivity contribution >= 4 is 23.2 Å². The molecule has 1 amide bonds. The van der Waals surface area contributed by atoms with Gasteiger partial charge in [0.25, 0.3) is 5.91 Å². The Morgan fingerprint density at radius 1 is 1.55 bits per heavy atom. The molecule has 110 valence electrons. The number of esters is 1. The molecule has 0 spiro atoms. The van der Waals surface area contributed by atoms with Crippen molar-refractivity contribution in [1.29, 1.82) is 0 Å². The molecular weight excluding hydrogens is 278 g/mol. The maximum Gasteiger partial charge on any atom is 0.335 e. The highest BCUT2D eigenvalue weighted by Gasteiger charge is 2.15. The molecule has 1 heterocycles. The molecule has 0 bridgehead atoms. The van der Waals surface area contributed by atoms with Gasteiger partial charge >= 0.3 is 5.97 Å². The van der Waals surface area contributed by atoms with Gasteiger partial charge in [-0.15, -0.1) is 6.58 Å². The van der Waals surface area contributed by atoms with E-state index in [1.807, 2.05) is 16.8 Å². The van der Waals surface area contributed by atoms with Crippen molar-refractivity contribution in [2.24, 2.45) is 0 Å². The lowest BCUT2D eigenvalue weighted by Crippen LogP contribution is -2.32. The average molecular weight is 297 g/mol. The van der Waals surface area contributed by atoms with E-state index in [-0.39, 0.29) is 19.1 Å². The van der Waals surface area contributed by atoms with E-state index in [0.29, 0.717) is 6.54 Å². The van der Waals surface area contributed by atoms with E-state index in [0.717, 1.165) is 6.42 Å². The molecule has 1 aromatic rings. The second-order valence-electron chi connectivity index (χ2n) is 4.10. The molecule has 1 aromatic heterocycles. The Morgan fingerprint density at radius 3 is 3.00 bits per heavy atom. The minimum absolute atomic E-state index is 0.267. The molecule has 1 N–H and O–H groups in total. The third kappa shape index (κ3) is 6.49. The van der Waals surface area contributed by atoms with Gasteiger partial charge in [0, 0.05) is 6.54 Å². The zero-order chi connectivity index (χ0) is 14.8. The van der Waals surface area contributed by atoms with Gasteiger partial charge in [-0.1, -0.05) is 6.08 Å². The Bertz CT molecular complexity index is 430. The molecule has 6 heteroatoms. The summed E-state index contributed by atoms with van der Waals surface area (Å²) in [5.41, 5.74) is 1.18. The first-order valence-electron chi connectivity index (χ1n) is 6.30. The van der Waals surface area contributed by atoms with Gasteiger partial charge in [-0.2, -0.15) is 11.3 Å². The quantitative estimate of drug-likeness (QED) is 0.555. The molecular formula is C14H19NO4S. The molecule has 1 unspecified atom stereocenters. The van der Waals surface area contributed by atoms with Crippen LogP contribution < -0.4 is 5.32 Å². The number of nitrogens with one attached hydrogen (secondary N) is 1. The minimum atomic E-state index is -0.702. The van der Waals surface area contributed by atoms with Crippen LogP contribution in [0.15, 0.2) is 29.5 Å². The number of ether oxygens (including phenoxy) is 2. The first-order chi connectivity index (χ1) is 9.63. The molecule has 20 heavy (non-hydrogen) atoms. The number of hydrogen-bond donors (Lipinski definition) is 1. The highest BCUT2D eigenvalue weighted by Crippen LogP contribution is 2.05. The van der Waals surface area contributed by atoms with Gasteiger partial charge in [-0.3, -0.25) is 4.79 Å². The van der Waals surface area contributed by atoms with Crippen LogP contribution in [-0.4, -0.2) is 37.7 Å². The predicted octanol–water partition coefficient (Wildman–Crippen LogP) is 1.54. The van der Waals surface area contributed by atoms with Crippen LogP contribution in [0.4, 0.5) is 0 Å². The summed E-state index contributed by atoms with van der Waals surface area (Å²) in [5, 5.41) is 6.71. The Labute approximate surface area is 122 Å². The van der Waals surface area contributed by atoms with Crippen molar-refractivity contribution in [3.8, 4) is 0 Å². The highest BCUT2D eigenvalue weighted by atomic mass is 32.1. The average Bonchev–Trinajstić information content (AvgIpc) is 2.95. The van der Waals surface area contributed by atoms with Crippen LogP contribution in [0.5, 0.6) is 0 Å². The number of carbonyl (C=O) groups is 2. The standard InChI is InChI=1S/C14H19NO4S/c1-3-7-18-11(2)14(17)19-9-13(16)15-6-4-12-5-8-20-10-12/h3,5,8,10-11H,1,4,6-7,9H2,2H3,(H,15,16). The Balaban J connectivity index is 2.12. The molecule has 1 atom stereocenters. The summed E-state index contributed by atoms with van der Waals surface area (Å²) < 4.78 is 9.93. The Kier molecular flexibility index (Phi) is 7.60. The lowest BCUT2D eigenvalue weighted by molar-refractivity contribution is -0.158. The molecule has 5 nitrogen and oxygen atoms in total. The number of thiophene rings is 1.